The molecule has 0 aliphatic carbocycles. The van der Waals surface area contributed by atoms with Gasteiger partial charge >= 0.3 is 5.97 Å². The lowest BCUT2D eigenvalue weighted by atomic mass is 9.98. The van der Waals surface area contributed by atoms with Crippen molar-refractivity contribution in [2.24, 2.45) is 5.92 Å². The summed E-state index contributed by atoms with van der Waals surface area (Å²) in [5, 5.41) is 11.7. The Bertz CT molecular complexity index is 763. The Kier molecular flexibility index (Phi) is 7.34. The van der Waals surface area contributed by atoms with Crippen LogP contribution in [0, 0.1) is 12.8 Å². The predicted molar refractivity (Wildman–Crippen MR) is 98.7 cm³/mol. The maximum absolute atomic E-state index is 12.8. The number of hydrogen-bond donors (Lipinski definition) is 2. The zero-order chi connectivity index (χ0) is 20.0. The van der Waals surface area contributed by atoms with Crippen molar-refractivity contribution in [2.45, 2.75) is 37.1 Å². The number of hydrogen-bond acceptors (Lipinski definition) is 5. The molecule has 1 aromatic rings. The summed E-state index contributed by atoms with van der Waals surface area (Å²) in [4.78, 5) is 24.0. The summed E-state index contributed by atoms with van der Waals surface area (Å²) in [6.07, 6.45) is 1.21. The first-order chi connectivity index (χ1) is 12.8. The topological polar surface area (TPSA) is 113 Å². The minimum atomic E-state index is -3.69. The fourth-order valence-corrected chi connectivity index (χ4v) is 4.54. The molecule has 2 atom stereocenters. The number of amides is 1. The largest absolute Gasteiger partial charge is 0.480 e. The molecule has 0 aromatic heterocycles. The first kappa shape index (κ1) is 21.3. The highest BCUT2D eigenvalue weighted by molar-refractivity contribution is 7.89. The van der Waals surface area contributed by atoms with Crippen LogP contribution in [0.5, 0.6) is 0 Å². The number of nitrogens with one attached hydrogen (secondary N) is 1. The van der Waals surface area contributed by atoms with Crippen LogP contribution in [0.4, 0.5) is 0 Å². The van der Waals surface area contributed by atoms with Gasteiger partial charge in [0.05, 0.1) is 10.8 Å². The van der Waals surface area contributed by atoms with Crippen molar-refractivity contribution in [3.8, 4) is 0 Å². The molecular formula is C18H26N2O6S. The van der Waals surface area contributed by atoms with Crippen LogP contribution in [0.1, 0.15) is 24.8 Å². The van der Waals surface area contributed by atoms with E-state index in [-0.39, 0.29) is 24.5 Å². The molecule has 2 rings (SSSR count). The lowest BCUT2D eigenvalue weighted by Gasteiger charge is -2.31. The number of aliphatic carboxylic acids is 1. The van der Waals surface area contributed by atoms with Crippen molar-refractivity contribution in [3.05, 3.63) is 29.8 Å². The number of aryl methyl sites for hydroxylation is 1. The first-order valence-electron chi connectivity index (χ1n) is 8.84. The number of carboxylic acid groups (broad SMARTS) is 1. The standard InChI is InChI=1S/C18H26N2O6S/c1-13-5-7-15(8-6-13)27(24,25)20-10-3-4-14(12-20)17(21)19-16(18(22)23)9-11-26-2/h5-8,14,16H,3-4,9-12H2,1-2H3,(H,19,21)(H,22,23). The van der Waals surface area contributed by atoms with Crippen LogP contribution in [0.15, 0.2) is 29.2 Å². The monoisotopic (exact) mass is 398 g/mol. The summed E-state index contributed by atoms with van der Waals surface area (Å²) in [6.45, 7) is 2.46. The number of carboxylic acids is 1. The number of methoxy groups -OCH3 is 1. The fraction of sp³-hybridized carbons (Fsp3) is 0.556. The molecule has 1 fully saturated rings. The molecule has 8 nitrogen and oxygen atoms in total. The third-order valence-corrected chi connectivity index (χ3v) is 6.52. The summed E-state index contributed by atoms with van der Waals surface area (Å²) in [5.41, 5.74) is 0.959. The second-order valence-electron chi connectivity index (χ2n) is 6.70. The molecule has 0 radical (unpaired) electrons. The van der Waals surface area contributed by atoms with Crippen molar-refractivity contribution in [3.63, 3.8) is 0 Å². The van der Waals surface area contributed by atoms with Gasteiger partial charge in [-0.25, -0.2) is 13.2 Å². The number of rotatable bonds is 8. The molecule has 9 heteroatoms. The Morgan fingerprint density at radius 3 is 2.59 bits per heavy atom. The predicted octanol–water partition coefficient (Wildman–Crippen LogP) is 1.00. The molecular weight excluding hydrogens is 372 g/mol. The highest BCUT2D eigenvalue weighted by Crippen LogP contribution is 2.24. The van der Waals surface area contributed by atoms with E-state index in [1.165, 1.54) is 11.4 Å². The Balaban J connectivity index is 2.07. The van der Waals surface area contributed by atoms with Crippen LogP contribution in [0.3, 0.4) is 0 Å². The molecule has 0 spiro atoms. The summed E-state index contributed by atoms with van der Waals surface area (Å²) < 4.78 is 31.8. The molecule has 1 aliphatic rings. The third kappa shape index (κ3) is 5.50. The zero-order valence-corrected chi connectivity index (χ0v) is 16.4. The summed E-state index contributed by atoms with van der Waals surface area (Å²) in [6, 6.07) is 5.52. The van der Waals surface area contributed by atoms with Crippen LogP contribution in [0.2, 0.25) is 0 Å². The van der Waals surface area contributed by atoms with E-state index in [4.69, 9.17) is 4.74 Å². The number of carbonyl (C=O) groups is 2. The number of ether oxygens (including phenoxy) is 1. The molecule has 27 heavy (non-hydrogen) atoms. The van der Waals surface area contributed by atoms with Gasteiger partial charge in [-0.15, -0.1) is 0 Å². The molecule has 0 saturated carbocycles. The minimum Gasteiger partial charge on any atom is -0.480 e. The van der Waals surface area contributed by atoms with Crippen LogP contribution >= 0.6 is 0 Å². The Labute approximate surface area is 159 Å². The highest BCUT2D eigenvalue weighted by Gasteiger charge is 2.34. The van der Waals surface area contributed by atoms with E-state index >= 15 is 0 Å². The number of piperidine rings is 1. The van der Waals surface area contributed by atoms with Crippen LogP contribution in [0.25, 0.3) is 0 Å². The number of benzene rings is 1. The Hall–Kier alpha value is -1.97. The van der Waals surface area contributed by atoms with E-state index in [0.29, 0.717) is 19.4 Å². The van der Waals surface area contributed by atoms with Gasteiger partial charge in [-0.3, -0.25) is 4.79 Å². The van der Waals surface area contributed by atoms with Crippen LogP contribution < -0.4 is 5.32 Å². The second-order valence-corrected chi connectivity index (χ2v) is 8.63. The molecule has 150 valence electrons. The van der Waals surface area contributed by atoms with Crippen molar-refractivity contribution < 1.29 is 27.9 Å². The second kappa shape index (κ2) is 9.29. The minimum absolute atomic E-state index is 0.0403. The van der Waals surface area contributed by atoms with Gasteiger partial charge in [0.2, 0.25) is 15.9 Å². The smallest absolute Gasteiger partial charge is 0.326 e. The van der Waals surface area contributed by atoms with Gasteiger partial charge in [0.15, 0.2) is 0 Å². The van der Waals surface area contributed by atoms with Crippen molar-refractivity contribution in [2.75, 3.05) is 26.8 Å². The fourth-order valence-electron chi connectivity index (χ4n) is 3.02. The molecule has 1 amide bonds. The molecule has 1 heterocycles. The molecule has 1 saturated heterocycles. The molecule has 2 N–H and O–H groups in total. The molecule has 2 unspecified atom stereocenters. The number of sulfonamides is 1. The van der Waals surface area contributed by atoms with E-state index < -0.39 is 33.9 Å². The zero-order valence-electron chi connectivity index (χ0n) is 15.6. The molecule has 1 aliphatic heterocycles. The summed E-state index contributed by atoms with van der Waals surface area (Å²) in [5.74, 6) is -2.16. The first-order valence-corrected chi connectivity index (χ1v) is 10.3. The van der Waals surface area contributed by atoms with Gasteiger partial charge in [0.1, 0.15) is 6.04 Å². The van der Waals surface area contributed by atoms with Crippen LogP contribution in [-0.4, -0.2) is 62.6 Å². The van der Waals surface area contributed by atoms with E-state index in [1.54, 1.807) is 24.3 Å². The Morgan fingerprint density at radius 1 is 1.33 bits per heavy atom. The van der Waals surface area contributed by atoms with Crippen molar-refractivity contribution in [1.82, 2.24) is 9.62 Å². The third-order valence-electron chi connectivity index (χ3n) is 4.64. The lowest BCUT2D eigenvalue weighted by molar-refractivity contribution is -0.143. The maximum atomic E-state index is 12.8. The van der Waals surface area contributed by atoms with Gasteiger partial charge in [-0.05, 0) is 31.9 Å². The molecule has 0 bridgehead atoms. The number of carbonyl (C=O) groups excluding carboxylic acids is 1. The Morgan fingerprint density at radius 2 is 2.00 bits per heavy atom. The van der Waals surface area contributed by atoms with E-state index in [9.17, 15) is 23.1 Å². The average molecular weight is 398 g/mol. The van der Waals surface area contributed by atoms with Gasteiger partial charge in [-0.1, -0.05) is 17.7 Å². The van der Waals surface area contributed by atoms with Crippen molar-refractivity contribution in [1.29, 1.82) is 0 Å². The lowest BCUT2D eigenvalue weighted by Crippen LogP contribution is -2.49. The normalized spacial score (nSPS) is 19.4. The number of nitrogens with zero attached hydrogens (tertiary/aromatic N) is 1. The van der Waals surface area contributed by atoms with E-state index in [1.807, 2.05) is 6.92 Å². The maximum Gasteiger partial charge on any atom is 0.326 e. The van der Waals surface area contributed by atoms with E-state index in [2.05, 4.69) is 5.32 Å². The van der Waals surface area contributed by atoms with Crippen LogP contribution in [-0.2, 0) is 24.3 Å². The van der Waals surface area contributed by atoms with Crippen molar-refractivity contribution >= 4 is 21.9 Å². The quantitative estimate of drug-likeness (QED) is 0.675. The molecule has 1 aromatic carbocycles. The van der Waals surface area contributed by atoms with Gasteiger partial charge in [-0.2, -0.15) is 4.31 Å². The highest BCUT2D eigenvalue weighted by atomic mass is 32.2. The van der Waals surface area contributed by atoms with Gasteiger partial charge in [0, 0.05) is 33.2 Å². The SMILES string of the molecule is COCCC(NC(=O)C1CCCN(S(=O)(=O)c2ccc(C)cc2)C1)C(=O)O. The summed E-state index contributed by atoms with van der Waals surface area (Å²) in [7, 11) is -2.23. The average Bonchev–Trinajstić information content (AvgIpc) is 2.65. The van der Waals surface area contributed by atoms with Gasteiger partial charge in [0.25, 0.3) is 0 Å². The van der Waals surface area contributed by atoms with E-state index in [0.717, 1.165) is 5.56 Å². The summed E-state index contributed by atoms with van der Waals surface area (Å²) >= 11 is 0. The van der Waals surface area contributed by atoms with Gasteiger partial charge < -0.3 is 15.2 Å².